The Hall–Kier alpha value is -1.75. The molecule has 1 heterocycles. The lowest BCUT2D eigenvalue weighted by Gasteiger charge is -2.31. The van der Waals surface area contributed by atoms with E-state index in [1.165, 1.54) is 10.5 Å². The molecule has 5 nitrogen and oxygen atoms in total. The van der Waals surface area contributed by atoms with Crippen molar-refractivity contribution in [3.05, 3.63) is 41.7 Å². The Bertz CT molecular complexity index is 597. The van der Waals surface area contributed by atoms with E-state index < -0.39 is 0 Å². The first-order valence-electron chi connectivity index (χ1n) is 8.51. The van der Waals surface area contributed by atoms with E-state index >= 15 is 0 Å². The smallest absolute Gasteiger partial charge is 0.210 e. The second-order valence-electron chi connectivity index (χ2n) is 7.52. The van der Waals surface area contributed by atoms with Gasteiger partial charge in [-0.25, -0.2) is 4.68 Å². The van der Waals surface area contributed by atoms with E-state index in [4.69, 9.17) is 0 Å². The molecule has 2 atom stereocenters. The first-order valence-corrected chi connectivity index (χ1v) is 8.51. The lowest BCUT2D eigenvalue weighted by atomic mass is 9.99. The van der Waals surface area contributed by atoms with Gasteiger partial charge >= 0.3 is 0 Å². The Labute approximate surface area is 139 Å². The number of hydrogen-bond acceptors (Lipinski definition) is 3. The van der Waals surface area contributed by atoms with Crippen LogP contribution < -0.4 is 4.90 Å². The van der Waals surface area contributed by atoms with E-state index in [1.807, 2.05) is 4.68 Å². The fourth-order valence-corrected chi connectivity index (χ4v) is 3.13. The molecule has 0 aliphatic carbocycles. The maximum Gasteiger partial charge on any atom is 0.210 e. The second-order valence-corrected chi connectivity index (χ2v) is 7.52. The fraction of sp³-hybridized carbons (Fsp3) is 0.611. The van der Waals surface area contributed by atoms with E-state index in [2.05, 4.69) is 87.4 Å². The van der Waals surface area contributed by atoms with Crippen molar-refractivity contribution in [2.75, 3.05) is 6.54 Å². The van der Waals surface area contributed by atoms with Gasteiger partial charge in [0.2, 0.25) is 5.82 Å². The van der Waals surface area contributed by atoms with Gasteiger partial charge in [-0.05, 0) is 38.1 Å². The van der Waals surface area contributed by atoms with Crippen molar-refractivity contribution >= 4 is 0 Å². The van der Waals surface area contributed by atoms with Crippen molar-refractivity contribution in [3.8, 4) is 0 Å². The van der Waals surface area contributed by atoms with Crippen LogP contribution in [0.2, 0.25) is 0 Å². The highest BCUT2D eigenvalue weighted by molar-refractivity contribution is 5.13. The van der Waals surface area contributed by atoms with Gasteiger partial charge in [0.15, 0.2) is 6.04 Å². The normalized spacial score (nSPS) is 14.9. The Morgan fingerprint density at radius 3 is 2.30 bits per heavy atom. The van der Waals surface area contributed by atoms with Gasteiger partial charge in [-0.3, -0.25) is 0 Å². The molecule has 0 spiro atoms. The molecular weight excluding hydrogens is 286 g/mol. The predicted molar refractivity (Wildman–Crippen MR) is 92.0 cm³/mol. The maximum absolute atomic E-state index is 4.40. The van der Waals surface area contributed by atoms with Crippen LogP contribution in [-0.2, 0) is 12.1 Å². The lowest BCUT2D eigenvalue weighted by molar-refractivity contribution is -0.948. The van der Waals surface area contributed by atoms with Gasteiger partial charge in [-0.15, -0.1) is 5.10 Å². The summed E-state index contributed by atoms with van der Waals surface area (Å²) in [6, 6.07) is 10.9. The van der Waals surface area contributed by atoms with Crippen molar-refractivity contribution in [1.82, 2.24) is 20.2 Å². The molecule has 0 saturated heterocycles. The van der Waals surface area contributed by atoms with E-state index in [0.717, 1.165) is 18.9 Å². The van der Waals surface area contributed by atoms with Gasteiger partial charge in [-0.1, -0.05) is 44.2 Å². The summed E-state index contributed by atoms with van der Waals surface area (Å²) in [6.45, 7) is 15.2. The van der Waals surface area contributed by atoms with Crippen molar-refractivity contribution in [3.63, 3.8) is 0 Å². The molecule has 1 unspecified atom stereocenters. The van der Waals surface area contributed by atoms with Gasteiger partial charge < -0.3 is 4.90 Å². The molecule has 5 heteroatoms. The topological polar surface area (TPSA) is 48.0 Å². The zero-order valence-corrected chi connectivity index (χ0v) is 15.2. The summed E-state index contributed by atoms with van der Waals surface area (Å²) in [4.78, 5) is 1.49. The first-order chi connectivity index (χ1) is 10.8. The molecule has 0 aliphatic rings. The average Bonchev–Trinajstić information content (AvgIpc) is 2.96. The molecule has 2 rings (SSSR count). The summed E-state index contributed by atoms with van der Waals surface area (Å²) in [5, 5.41) is 12.6. The van der Waals surface area contributed by atoms with Crippen LogP contribution in [0.4, 0.5) is 0 Å². The van der Waals surface area contributed by atoms with E-state index in [1.54, 1.807) is 0 Å². The summed E-state index contributed by atoms with van der Waals surface area (Å²) in [7, 11) is 0. The number of benzene rings is 1. The molecule has 2 aromatic rings. The molecule has 0 saturated carbocycles. The SMILES string of the molecule is CC[NH+](Cc1ccccc1)[C@H](c1nnnn1C(C)(C)C)C(C)C. The predicted octanol–water partition coefficient (Wildman–Crippen LogP) is 2.23. The molecule has 0 aliphatic heterocycles. The van der Waals surface area contributed by atoms with Crippen LogP contribution in [0.5, 0.6) is 0 Å². The summed E-state index contributed by atoms with van der Waals surface area (Å²) in [6.07, 6.45) is 0. The quantitative estimate of drug-likeness (QED) is 0.889. The number of hydrogen-bond donors (Lipinski definition) is 1. The Kier molecular flexibility index (Phi) is 5.52. The molecule has 0 amide bonds. The average molecular weight is 316 g/mol. The minimum atomic E-state index is -0.114. The summed E-state index contributed by atoms with van der Waals surface area (Å²) in [5.74, 6) is 1.45. The maximum atomic E-state index is 4.40. The number of aromatic nitrogens is 4. The summed E-state index contributed by atoms with van der Waals surface area (Å²) < 4.78 is 1.98. The van der Waals surface area contributed by atoms with Crippen molar-refractivity contribution < 1.29 is 4.90 Å². The first kappa shape index (κ1) is 17.6. The summed E-state index contributed by atoms with van der Waals surface area (Å²) >= 11 is 0. The van der Waals surface area contributed by atoms with E-state index in [9.17, 15) is 0 Å². The van der Waals surface area contributed by atoms with Gasteiger partial charge in [-0.2, -0.15) is 0 Å². The fourth-order valence-electron chi connectivity index (χ4n) is 3.13. The highest BCUT2D eigenvalue weighted by Crippen LogP contribution is 2.21. The zero-order valence-electron chi connectivity index (χ0n) is 15.2. The van der Waals surface area contributed by atoms with E-state index in [-0.39, 0.29) is 11.6 Å². The Morgan fingerprint density at radius 1 is 1.13 bits per heavy atom. The largest absolute Gasteiger partial charge is 0.322 e. The van der Waals surface area contributed by atoms with Gasteiger partial charge in [0.25, 0.3) is 0 Å². The number of rotatable bonds is 6. The van der Waals surface area contributed by atoms with Crippen LogP contribution >= 0.6 is 0 Å². The number of quaternary nitrogens is 1. The van der Waals surface area contributed by atoms with Crippen LogP contribution in [0.15, 0.2) is 30.3 Å². The number of nitrogens with one attached hydrogen (secondary N) is 1. The second kappa shape index (κ2) is 7.21. The monoisotopic (exact) mass is 316 g/mol. The van der Waals surface area contributed by atoms with Crippen LogP contribution in [0.1, 0.15) is 59.0 Å². The molecule has 126 valence electrons. The Morgan fingerprint density at radius 2 is 1.78 bits per heavy atom. The van der Waals surface area contributed by atoms with Crippen molar-refractivity contribution in [2.45, 2.75) is 59.7 Å². The third-order valence-corrected chi connectivity index (χ3v) is 4.24. The third-order valence-electron chi connectivity index (χ3n) is 4.24. The molecular formula is C18H30N5+. The van der Waals surface area contributed by atoms with Crippen molar-refractivity contribution in [2.24, 2.45) is 5.92 Å². The van der Waals surface area contributed by atoms with Gasteiger partial charge in [0, 0.05) is 11.5 Å². The third kappa shape index (κ3) is 4.16. The minimum absolute atomic E-state index is 0.114. The van der Waals surface area contributed by atoms with Crippen LogP contribution in [0, 0.1) is 5.92 Å². The molecule has 0 radical (unpaired) electrons. The standard InChI is InChI=1S/C18H29N5/c1-7-22(13-15-11-9-8-10-12-15)16(14(2)3)17-19-20-21-23(17)18(4,5)6/h8-12,14,16H,7,13H2,1-6H3/p+1/t16-/m0/s1. The highest BCUT2D eigenvalue weighted by Gasteiger charge is 2.34. The van der Waals surface area contributed by atoms with Crippen molar-refractivity contribution in [1.29, 1.82) is 0 Å². The molecule has 0 bridgehead atoms. The van der Waals surface area contributed by atoms with E-state index in [0.29, 0.717) is 5.92 Å². The van der Waals surface area contributed by atoms with Gasteiger partial charge in [0.1, 0.15) is 6.54 Å². The Balaban J connectivity index is 2.35. The minimum Gasteiger partial charge on any atom is -0.322 e. The highest BCUT2D eigenvalue weighted by atomic mass is 15.6. The number of tetrazole rings is 1. The van der Waals surface area contributed by atoms with Crippen LogP contribution in [0.3, 0.4) is 0 Å². The number of nitrogens with zero attached hydrogens (tertiary/aromatic N) is 4. The molecule has 1 N–H and O–H groups in total. The van der Waals surface area contributed by atoms with Crippen LogP contribution in [0.25, 0.3) is 0 Å². The molecule has 23 heavy (non-hydrogen) atoms. The molecule has 1 aromatic carbocycles. The zero-order chi connectivity index (χ0) is 17.0. The lowest BCUT2D eigenvalue weighted by Crippen LogP contribution is -3.11. The van der Waals surface area contributed by atoms with Gasteiger partial charge in [0.05, 0.1) is 12.1 Å². The summed E-state index contributed by atoms with van der Waals surface area (Å²) in [5.41, 5.74) is 1.24. The molecule has 1 aromatic heterocycles. The van der Waals surface area contributed by atoms with Crippen LogP contribution in [-0.4, -0.2) is 26.8 Å². The molecule has 0 fully saturated rings.